The van der Waals surface area contributed by atoms with Gasteiger partial charge in [0.25, 0.3) is 0 Å². The molecule has 0 unspecified atom stereocenters. The molecule has 0 spiro atoms. The minimum atomic E-state index is -0.739. The van der Waals surface area contributed by atoms with Gasteiger partial charge in [0.2, 0.25) is 11.9 Å². The third-order valence-corrected chi connectivity index (χ3v) is 6.72. The van der Waals surface area contributed by atoms with Gasteiger partial charge in [-0.1, -0.05) is 11.6 Å². The summed E-state index contributed by atoms with van der Waals surface area (Å²) in [6, 6.07) is 9.42. The maximum atomic E-state index is 11.7. The molecule has 0 radical (unpaired) electrons. The van der Waals surface area contributed by atoms with E-state index in [1.165, 1.54) is 17.3 Å². The number of aromatic nitrogens is 2. The molecule has 0 fully saturated rings. The van der Waals surface area contributed by atoms with Crippen molar-refractivity contribution in [2.24, 2.45) is 0 Å². The number of amides is 1. The molecule has 0 bridgehead atoms. The molecule has 0 saturated heterocycles. The Kier molecular flexibility index (Phi) is 8.92. The predicted molar refractivity (Wildman–Crippen MR) is 152 cm³/mol. The lowest BCUT2D eigenvalue weighted by Gasteiger charge is -2.26. The number of likely N-dealkylation sites (N-methyl/N-ethyl adjacent to an activating group) is 1. The number of halogens is 2. The van der Waals surface area contributed by atoms with E-state index < -0.39 is 8.15 Å². The maximum Gasteiger partial charge on any atom is 0.239 e. The summed E-state index contributed by atoms with van der Waals surface area (Å²) in [4.78, 5) is 23.0. The molecule has 1 aromatic heterocycles. The predicted octanol–water partition coefficient (Wildman–Crippen LogP) is 5.83. The van der Waals surface area contributed by atoms with E-state index >= 15 is 0 Å². The molecule has 37 heavy (non-hydrogen) atoms. The topological polar surface area (TPSA) is 101 Å². The van der Waals surface area contributed by atoms with Crippen molar-refractivity contribution in [1.29, 1.82) is 0 Å². The molecule has 0 atom stereocenters. The second-order valence-electron chi connectivity index (χ2n) is 8.75. The zero-order chi connectivity index (χ0) is 26.5. The molecule has 1 amide bonds. The van der Waals surface area contributed by atoms with Crippen molar-refractivity contribution in [1.82, 2.24) is 14.9 Å². The number of carbonyl (C=O) groups excluding carboxylic acids is 1. The van der Waals surface area contributed by atoms with Crippen LogP contribution in [0.4, 0.5) is 28.8 Å². The minimum absolute atomic E-state index is 0.136. The van der Waals surface area contributed by atoms with Crippen molar-refractivity contribution in [2.45, 2.75) is 13.0 Å². The first-order valence-electron chi connectivity index (χ1n) is 11.6. The molecule has 0 saturated carbocycles. The zero-order valence-electron chi connectivity index (χ0n) is 21.1. The van der Waals surface area contributed by atoms with Crippen molar-refractivity contribution in [3.63, 3.8) is 0 Å². The molecular weight excluding hydrogens is 534 g/mol. The highest BCUT2D eigenvalue weighted by molar-refractivity contribution is 7.51. The van der Waals surface area contributed by atoms with Gasteiger partial charge in [0.1, 0.15) is 22.4 Å². The van der Waals surface area contributed by atoms with E-state index in [2.05, 4.69) is 50.0 Å². The molecule has 12 heteroatoms. The lowest BCUT2D eigenvalue weighted by Crippen LogP contribution is -2.26. The minimum Gasteiger partial charge on any atom is -0.495 e. The third kappa shape index (κ3) is 6.93. The summed E-state index contributed by atoms with van der Waals surface area (Å²) in [5.41, 5.74) is 4.51. The molecule has 2 heterocycles. The van der Waals surface area contributed by atoms with Gasteiger partial charge in [-0.25, -0.2) is 4.98 Å². The molecular formula is C25H29Cl2N6O3P. The van der Waals surface area contributed by atoms with Gasteiger partial charge in [-0.3, -0.25) is 4.79 Å². The molecule has 0 aliphatic carbocycles. The smallest absolute Gasteiger partial charge is 0.239 e. The van der Waals surface area contributed by atoms with E-state index in [9.17, 15) is 4.79 Å². The Balaban J connectivity index is 1.61. The van der Waals surface area contributed by atoms with E-state index in [4.69, 9.17) is 32.5 Å². The van der Waals surface area contributed by atoms with E-state index in [0.29, 0.717) is 33.9 Å². The average molecular weight is 563 g/mol. The number of alkyl halides is 1. The Bertz CT molecular complexity index is 1290. The number of anilines is 5. The van der Waals surface area contributed by atoms with Gasteiger partial charge in [0.15, 0.2) is 5.82 Å². The molecule has 1 aliphatic heterocycles. The van der Waals surface area contributed by atoms with Gasteiger partial charge in [0.05, 0.1) is 32.8 Å². The molecule has 196 valence electrons. The van der Waals surface area contributed by atoms with Crippen LogP contribution in [0.3, 0.4) is 0 Å². The van der Waals surface area contributed by atoms with E-state index in [0.717, 1.165) is 30.9 Å². The SMILES string of the molecule is COc1cc2c(cc1Nc1ncc(Cl)c(Nc3ccc(NC(=O)CCl)cc3OP(C)C)n1)CN(C)CC2. The van der Waals surface area contributed by atoms with Gasteiger partial charge in [-0.05, 0) is 62.2 Å². The quantitative estimate of drug-likeness (QED) is 0.221. The first kappa shape index (κ1) is 27.2. The average Bonchev–Trinajstić information content (AvgIpc) is 2.86. The molecule has 3 aromatic rings. The standard InChI is InChI=1S/C25H29Cl2N6O3P/c1-33-8-7-15-10-21(35-2)20(9-16(15)14-33)31-25-28-13-18(27)24(32-25)30-19-6-5-17(29-23(34)12-26)11-22(19)36-37(3)4/h5-6,9-11,13H,7-8,12,14H2,1-4H3,(H,29,34)(H2,28,30,31,32). The van der Waals surface area contributed by atoms with Crippen LogP contribution in [0.25, 0.3) is 0 Å². The van der Waals surface area contributed by atoms with Gasteiger partial charge in [-0.15, -0.1) is 11.6 Å². The normalized spacial score (nSPS) is 13.2. The van der Waals surface area contributed by atoms with Gasteiger partial charge in [0, 0.05) is 24.8 Å². The summed E-state index contributed by atoms with van der Waals surface area (Å²) in [6.07, 6.45) is 2.50. The first-order chi connectivity index (χ1) is 17.7. The molecule has 9 nitrogen and oxygen atoms in total. The number of nitrogens with zero attached hydrogens (tertiary/aromatic N) is 3. The number of hydrogen-bond acceptors (Lipinski definition) is 8. The lowest BCUT2D eigenvalue weighted by molar-refractivity contribution is -0.113. The number of benzene rings is 2. The fraction of sp³-hybridized carbons (Fsp3) is 0.320. The van der Waals surface area contributed by atoms with Crippen molar-refractivity contribution in [2.75, 3.05) is 55.9 Å². The van der Waals surface area contributed by atoms with Crippen LogP contribution >= 0.6 is 31.4 Å². The van der Waals surface area contributed by atoms with Crippen LogP contribution in [0.15, 0.2) is 36.5 Å². The van der Waals surface area contributed by atoms with Crippen molar-refractivity contribution >= 4 is 66.1 Å². The maximum absolute atomic E-state index is 11.7. The number of carbonyl (C=O) groups is 1. The number of nitrogens with one attached hydrogen (secondary N) is 3. The summed E-state index contributed by atoms with van der Waals surface area (Å²) in [7, 11) is 3.02. The Morgan fingerprint density at radius 2 is 1.95 bits per heavy atom. The second kappa shape index (κ2) is 12.1. The first-order valence-corrected chi connectivity index (χ1v) is 14.6. The van der Waals surface area contributed by atoms with Crippen molar-refractivity contribution in [3.8, 4) is 11.5 Å². The highest BCUT2D eigenvalue weighted by Crippen LogP contribution is 2.39. The number of ether oxygens (including phenoxy) is 1. The summed E-state index contributed by atoms with van der Waals surface area (Å²) < 4.78 is 11.7. The van der Waals surface area contributed by atoms with Crippen LogP contribution < -0.4 is 25.2 Å². The van der Waals surface area contributed by atoms with Crippen LogP contribution in [-0.2, 0) is 17.8 Å². The summed E-state index contributed by atoms with van der Waals surface area (Å²) in [6.45, 7) is 5.84. The largest absolute Gasteiger partial charge is 0.495 e. The van der Waals surface area contributed by atoms with Crippen LogP contribution in [0.5, 0.6) is 11.5 Å². The fourth-order valence-corrected chi connectivity index (χ4v) is 4.68. The Morgan fingerprint density at radius 1 is 1.14 bits per heavy atom. The summed E-state index contributed by atoms with van der Waals surface area (Å²) >= 11 is 12.1. The molecule has 3 N–H and O–H groups in total. The highest BCUT2D eigenvalue weighted by atomic mass is 35.5. The molecule has 2 aromatic carbocycles. The monoisotopic (exact) mass is 562 g/mol. The zero-order valence-corrected chi connectivity index (χ0v) is 23.5. The summed E-state index contributed by atoms with van der Waals surface area (Å²) in [5, 5.41) is 9.58. The Labute approximate surface area is 227 Å². The third-order valence-electron chi connectivity index (χ3n) is 5.64. The van der Waals surface area contributed by atoms with Crippen LogP contribution in [-0.4, -0.2) is 60.7 Å². The second-order valence-corrected chi connectivity index (χ2v) is 11.2. The van der Waals surface area contributed by atoms with E-state index in [1.54, 1.807) is 25.3 Å². The lowest BCUT2D eigenvalue weighted by atomic mass is 9.99. The van der Waals surface area contributed by atoms with E-state index in [1.807, 2.05) is 13.3 Å². The number of fused-ring (bicyclic) bond motifs is 1. The van der Waals surface area contributed by atoms with Crippen LogP contribution in [0, 0.1) is 0 Å². The molecule has 4 rings (SSSR count). The van der Waals surface area contributed by atoms with Crippen molar-refractivity contribution in [3.05, 3.63) is 52.7 Å². The number of methoxy groups -OCH3 is 1. The van der Waals surface area contributed by atoms with Gasteiger partial charge >= 0.3 is 0 Å². The van der Waals surface area contributed by atoms with Gasteiger partial charge in [-0.2, -0.15) is 4.98 Å². The molecule has 1 aliphatic rings. The Hall–Kier alpha value is -2.84. The van der Waals surface area contributed by atoms with Crippen LogP contribution in [0.2, 0.25) is 5.02 Å². The van der Waals surface area contributed by atoms with Gasteiger partial charge < -0.3 is 30.1 Å². The fourth-order valence-electron chi connectivity index (χ4n) is 3.93. The summed E-state index contributed by atoms with van der Waals surface area (Å²) in [5.74, 6) is 1.59. The number of hydrogen-bond donors (Lipinski definition) is 3. The number of rotatable bonds is 9. The Morgan fingerprint density at radius 3 is 2.68 bits per heavy atom. The van der Waals surface area contributed by atoms with Crippen LogP contribution in [0.1, 0.15) is 11.1 Å². The van der Waals surface area contributed by atoms with Crippen molar-refractivity contribution < 1.29 is 14.1 Å². The highest BCUT2D eigenvalue weighted by Gasteiger charge is 2.18. The van der Waals surface area contributed by atoms with E-state index in [-0.39, 0.29) is 11.8 Å².